The molecule has 2 heterocycles. The first-order valence-electron chi connectivity index (χ1n) is 3.22. The number of carbonyl (C=O) groups excluding carboxylic acids is 2. The number of hydrogen-bond acceptors (Lipinski definition) is 5. The lowest BCUT2D eigenvalue weighted by molar-refractivity contribution is 0.0998. The standard InChI is InChI=1S/C5H2N4O.CCl2O/c10-5-4-3(8-9-5)1-6-2-7-4;2-1(3)4/h1-2H;. The molecule has 2 rings (SSSR count). The largest absolute Gasteiger partial charge is 0.316 e. The highest BCUT2D eigenvalue weighted by Crippen LogP contribution is 2.21. The second-order valence-corrected chi connectivity index (χ2v) is 2.87. The van der Waals surface area contributed by atoms with Crippen LogP contribution in [0.5, 0.6) is 0 Å². The molecule has 0 N–H and O–H groups in total. The predicted octanol–water partition coefficient (Wildman–Crippen LogP) is 2.30. The van der Waals surface area contributed by atoms with Gasteiger partial charge in [0.1, 0.15) is 12.0 Å². The maximum atomic E-state index is 10.7. The van der Waals surface area contributed by atoms with Crippen LogP contribution in [-0.4, -0.2) is 20.6 Å². The van der Waals surface area contributed by atoms with E-state index < -0.39 is 10.6 Å². The van der Waals surface area contributed by atoms with E-state index in [1.165, 1.54) is 12.5 Å². The van der Waals surface area contributed by atoms with Gasteiger partial charge in [0.05, 0.1) is 6.20 Å². The molecule has 8 heteroatoms. The van der Waals surface area contributed by atoms with Gasteiger partial charge in [-0.1, -0.05) is 0 Å². The summed E-state index contributed by atoms with van der Waals surface area (Å²) in [4.78, 5) is 27.1. The first-order valence-corrected chi connectivity index (χ1v) is 3.98. The van der Waals surface area contributed by atoms with Crippen molar-refractivity contribution in [3.8, 4) is 0 Å². The van der Waals surface area contributed by atoms with E-state index in [9.17, 15) is 4.79 Å². The van der Waals surface area contributed by atoms with Gasteiger partial charge in [0, 0.05) is 0 Å². The molecule has 14 heavy (non-hydrogen) atoms. The summed E-state index contributed by atoms with van der Waals surface area (Å²) in [7, 11) is 0. The Balaban J connectivity index is 0.000000213. The number of rotatable bonds is 0. The van der Waals surface area contributed by atoms with Crippen molar-refractivity contribution in [2.24, 2.45) is 10.2 Å². The molecule has 1 amide bonds. The predicted molar refractivity (Wildman–Crippen MR) is 48.0 cm³/mol. The van der Waals surface area contributed by atoms with Crippen molar-refractivity contribution < 1.29 is 9.59 Å². The third kappa shape index (κ3) is 2.82. The van der Waals surface area contributed by atoms with E-state index in [1.54, 1.807) is 0 Å². The average molecular weight is 233 g/mol. The number of nitrogens with zero attached hydrogens (tertiary/aromatic N) is 4. The van der Waals surface area contributed by atoms with Crippen LogP contribution in [0.15, 0.2) is 22.8 Å². The Hall–Kier alpha value is -1.40. The van der Waals surface area contributed by atoms with E-state index in [1.807, 2.05) is 0 Å². The molecule has 0 saturated carbocycles. The first kappa shape index (κ1) is 10.7. The van der Waals surface area contributed by atoms with Crippen molar-refractivity contribution in [3.05, 3.63) is 18.2 Å². The Morgan fingerprint density at radius 1 is 1.29 bits per heavy atom. The summed E-state index contributed by atoms with van der Waals surface area (Å²) in [5.74, 6) is -0.391. The van der Waals surface area contributed by atoms with Gasteiger partial charge in [0.2, 0.25) is 0 Å². The summed E-state index contributed by atoms with van der Waals surface area (Å²) < 4.78 is -0.889. The van der Waals surface area contributed by atoms with Crippen molar-refractivity contribution in [3.63, 3.8) is 0 Å². The summed E-state index contributed by atoms with van der Waals surface area (Å²) in [5, 5.41) is 6.82. The smallest absolute Gasteiger partial charge is 0.263 e. The molecule has 0 spiro atoms. The fraction of sp³-hybridized carbons (Fsp3) is 0. The zero-order valence-electron chi connectivity index (χ0n) is 6.52. The van der Waals surface area contributed by atoms with Crippen molar-refractivity contribution in [1.82, 2.24) is 9.97 Å². The number of azo groups is 1. The SMILES string of the molecule is O=C(Cl)Cl.O=C1N=Nc2cncnc21. The van der Waals surface area contributed by atoms with Crippen molar-refractivity contribution in [2.75, 3.05) is 0 Å². The van der Waals surface area contributed by atoms with Crippen LogP contribution in [-0.2, 0) is 0 Å². The fourth-order valence-corrected chi connectivity index (χ4v) is 0.707. The van der Waals surface area contributed by atoms with Crippen molar-refractivity contribution in [2.45, 2.75) is 0 Å². The van der Waals surface area contributed by atoms with Crippen LogP contribution in [0.25, 0.3) is 0 Å². The van der Waals surface area contributed by atoms with Crippen LogP contribution < -0.4 is 0 Å². The lowest BCUT2D eigenvalue weighted by Crippen LogP contribution is -1.92. The molecule has 1 aromatic rings. The molecule has 0 radical (unpaired) electrons. The molecule has 0 aromatic carbocycles. The van der Waals surface area contributed by atoms with Gasteiger partial charge < -0.3 is 0 Å². The van der Waals surface area contributed by atoms with E-state index in [4.69, 9.17) is 4.79 Å². The summed E-state index contributed by atoms with van der Waals surface area (Å²) in [6.07, 6.45) is 2.75. The quantitative estimate of drug-likeness (QED) is 0.643. The topological polar surface area (TPSA) is 84.6 Å². The molecular weight excluding hydrogens is 231 g/mol. The molecule has 0 aliphatic carbocycles. The Morgan fingerprint density at radius 2 is 1.93 bits per heavy atom. The number of halogens is 2. The molecule has 1 aliphatic heterocycles. The molecule has 0 atom stereocenters. The zero-order valence-corrected chi connectivity index (χ0v) is 8.03. The molecule has 1 aliphatic rings. The number of carbonyl (C=O) groups is 2. The maximum Gasteiger partial charge on any atom is 0.316 e. The van der Waals surface area contributed by atoms with Gasteiger partial charge in [-0.25, -0.2) is 9.97 Å². The van der Waals surface area contributed by atoms with Crippen LogP contribution in [0.3, 0.4) is 0 Å². The zero-order chi connectivity index (χ0) is 10.6. The highest BCUT2D eigenvalue weighted by molar-refractivity contribution is 6.93. The highest BCUT2D eigenvalue weighted by atomic mass is 35.5. The van der Waals surface area contributed by atoms with E-state index in [0.717, 1.165) is 0 Å². The van der Waals surface area contributed by atoms with Crippen LogP contribution in [0.4, 0.5) is 10.5 Å². The van der Waals surface area contributed by atoms with Gasteiger partial charge in [-0.15, -0.1) is 10.2 Å². The van der Waals surface area contributed by atoms with E-state index >= 15 is 0 Å². The van der Waals surface area contributed by atoms with Crippen molar-refractivity contribution in [1.29, 1.82) is 0 Å². The van der Waals surface area contributed by atoms with Gasteiger partial charge >= 0.3 is 10.6 Å². The van der Waals surface area contributed by atoms with Gasteiger partial charge in [0.15, 0.2) is 5.69 Å². The van der Waals surface area contributed by atoms with Crippen molar-refractivity contribution >= 4 is 39.5 Å². The third-order valence-corrected chi connectivity index (χ3v) is 1.14. The monoisotopic (exact) mass is 232 g/mol. The second-order valence-electron chi connectivity index (χ2n) is 1.99. The van der Waals surface area contributed by atoms with E-state index in [2.05, 4.69) is 43.4 Å². The first-order chi connectivity index (χ1) is 6.61. The summed E-state index contributed by atoms with van der Waals surface area (Å²) in [6, 6.07) is 0. The van der Waals surface area contributed by atoms with Crippen LogP contribution in [0.1, 0.15) is 10.5 Å². The normalized spacial score (nSPS) is 11.7. The summed E-state index contributed by atoms with van der Waals surface area (Å²) >= 11 is 8.80. The number of amides is 1. The lowest BCUT2D eigenvalue weighted by atomic mass is 10.4. The van der Waals surface area contributed by atoms with Gasteiger partial charge in [-0.3, -0.25) is 9.59 Å². The Bertz CT molecular complexity index is 403. The minimum atomic E-state index is -0.889. The Kier molecular flexibility index (Phi) is 3.61. The molecule has 0 saturated heterocycles. The number of hydrogen-bond donors (Lipinski definition) is 0. The van der Waals surface area contributed by atoms with Crippen LogP contribution in [0.2, 0.25) is 0 Å². The number of fused-ring (bicyclic) bond motifs is 1. The molecule has 6 nitrogen and oxygen atoms in total. The maximum absolute atomic E-state index is 10.7. The summed E-state index contributed by atoms with van der Waals surface area (Å²) in [5.41, 5.74) is 0.738. The third-order valence-electron chi connectivity index (χ3n) is 1.14. The molecular formula is C6H2Cl2N4O2. The van der Waals surface area contributed by atoms with Gasteiger partial charge in [0.25, 0.3) is 0 Å². The van der Waals surface area contributed by atoms with Crippen LogP contribution >= 0.6 is 23.2 Å². The molecule has 1 aromatic heterocycles. The molecule has 0 bridgehead atoms. The Labute approximate surface area is 88.0 Å². The molecule has 0 fully saturated rings. The minimum Gasteiger partial charge on any atom is -0.263 e. The highest BCUT2D eigenvalue weighted by Gasteiger charge is 2.17. The van der Waals surface area contributed by atoms with E-state index in [0.29, 0.717) is 5.69 Å². The van der Waals surface area contributed by atoms with E-state index in [-0.39, 0.29) is 5.69 Å². The second kappa shape index (κ2) is 4.73. The number of aromatic nitrogens is 2. The summed E-state index contributed by atoms with van der Waals surface area (Å²) in [6.45, 7) is 0. The molecule has 0 unspecified atom stereocenters. The fourth-order valence-electron chi connectivity index (χ4n) is 0.707. The van der Waals surface area contributed by atoms with Gasteiger partial charge in [-0.05, 0) is 23.2 Å². The average Bonchev–Trinajstić information content (AvgIpc) is 2.48. The minimum absolute atomic E-state index is 0.287. The van der Waals surface area contributed by atoms with Gasteiger partial charge in [-0.2, -0.15) is 0 Å². The Morgan fingerprint density at radius 3 is 2.50 bits per heavy atom. The lowest BCUT2D eigenvalue weighted by Gasteiger charge is -1.86. The van der Waals surface area contributed by atoms with Crippen LogP contribution in [0, 0.1) is 0 Å². The molecule has 72 valence electrons.